The van der Waals surface area contributed by atoms with Crippen LogP contribution in [0.3, 0.4) is 0 Å². The first kappa shape index (κ1) is 15.1. The number of hydrogen-bond acceptors (Lipinski definition) is 6. The minimum atomic E-state index is -0.204. The summed E-state index contributed by atoms with van der Waals surface area (Å²) >= 11 is 1.16. The lowest BCUT2D eigenvalue weighted by molar-refractivity contribution is 0.0411. The van der Waals surface area contributed by atoms with Crippen molar-refractivity contribution < 1.29 is 4.79 Å². The zero-order valence-electron chi connectivity index (χ0n) is 12.2. The van der Waals surface area contributed by atoms with E-state index in [1.165, 1.54) is 6.20 Å². The van der Waals surface area contributed by atoms with Crippen LogP contribution in [0.5, 0.6) is 0 Å². The monoisotopic (exact) mass is 298 g/mol. The second-order valence-corrected chi connectivity index (χ2v) is 6.46. The molecule has 1 aliphatic heterocycles. The number of hydrogen-bond donors (Lipinski definition) is 2. The fourth-order valence-corrected chi connectivity index (χ4v) is 2.65. The molecule has 2 N–H and O–H groups in total. The maximum atomic E-state index is 11.6. The van der Waals surface area contributed by atoms with Gasteiger partial charge in [0, 0.05) is 49.8 Å². The normalized spacial score (nSPS) is 19.8. The van der Waals surface area contributed by atoms with Crippen LogP contribution in [0.15, 0.2) is 6.20 Å². The van der Waals surface area contributed by atoms with E-state index in [4.69, 9.17) is 0 Å². The highest BCUT2D eigenvalue weighted by molar-refractivity contribution is 7.10. The van der Waals surface area contributed by atoms with Crippen LogP contribution < -0.4 is 10.6 Å². The third-order valence-electron chi connectivity index (χ3n) is 3.71. The Morgan fingerprint density at radius 3 is 2.95 bits per heavy atom. The summed E-state index contributed by atoms with van der Waals surface area (Å²) in [6.07, 6.45) is 1.53. The van der Waals surface area contributed by atoms with Gasteiger partial charge in [-0.15, -0.1) is 5.10 Å². The van der Waals surface area contributed by atoms with Crippen molar-refractivity contribution >= 4 is 22.6 Å². The summed E-state index contributed by atoms with van der Waals surface area (Å²) in [6.45, 7) is 9.12. The molecular formula is C12H22N6OS. The van der Waals surface area contributed by atoms with Crippen molar-refractivity contribution in [2.24, 2.45) is 0 Å². The van der Waals surface area contributed by atoms with Gasteiger partial charge in [-0.2, -0.15) is 0 Å². The molecule has 2 rings (SSSR count). The molecule has 1 saturated heterocycles. The Kier molecular flexibility index (Phi) is 4.90. The van der Waals surface area contributed by atoms with Crippen molar-refractivity contribution in [1.82, 2.24) is 24.7 Å². The summed E-state index contributed by atoms with van der Waals surface area (Å²) in [5, 5.41) is 9.87. The number of rotatable bonds is 4. The van der Waals surface area contributed by atoms with Gasteiger partial charge >= 0.3 is 6.03 Å². The largest absolute Gasteiger partial charge is 0.337 e. The highest BCUT2D eigenvalue weighted by Crippen LogP contribution is 2.18. The zero-order chi connectivity index (χ0) is 14.6. The van der Waals surface area contributed by atoms with Crippen LogP contribution in [0.25, 0.3) is 0 Å². The Bertz CT molecular complexity index is 435. The molecule has 0 bridgehead atoms. The third-order valence-corrected chi connectivity index (χ3v) is 4.29. The van der Waals surface area contributed by atoms with E-state index in [1.54, 1.807) is 0 Å². The van der Waals surface area contributed by atoms with Crippen molar-refractivity contribution in [3.8, 4) is 0 Å². The van der Waals surface area contributed by atoms with Gasteiger partial charge in [0.1, 0.15) is 5.00 Å². The summed E-state index contributed by atoms with van der Waals surface area (Å²) in [6, 6.07) is -0.204. The van der Waals surface area contributed by atoms with Gasteiger partial charge in [-0.1, -0.05) is 4.49 Å². The molecule has 1 aromatic heterocycles. The molecule has 0 spiro atoms. The topological polar surface area (TPSA) is 73.4 Å². The number of piperazine rings is 1. The zero-order valence-corrected chi connectivity index (χ0v) is 13.0. The molecule has 1 fully saturated rings. The lowest BCUT2D eigenvalue weighted by atomic mass is 10.00. The molecule has 0 aromatic carbocycles. The number of likely N-dealkylation sites (N-methyl/N-ethyl adjacent to an activating group) is 1. The molecule has 1 aliphatic rings. The second-order valence-electron chi connectivity index (χ2n) is 5.67. The molecular weight excluding hydrogens is 276 g/mol. The Morgan fingerprint density at radius 2 is 2.30 bits per heavy atom. The highest BCUT2D eigenvalue weighted by Gasteiger charge is 2.30. The van der Waals surface area contributed by atoms with Crippen LogP contribution in [0, 0.1) is 0 Å². The number of urea groups is 1. The SMILES string of the molecule is CN1CCN(CCNC(=O)Nc2cnns2)CC1(C)C. The molecule has 1 aromatic rings. The Balaban J connectivity index is 1.67. The van der Waals surface area contributed by atoms with Crippen LogP contribution in [0.1, 0.15) is 13.8 Å². The molecule has 112 valence electrons. The quantitative estimate of drug-likeness (QED) is 0.855. The average molecular weight is 298 g/mol. The summed E-state index contributed by atoms with van der Waals surface area (Å²) in [5.41, 5.74) is 0.189. The first-order chi connectivity index (χ1) is 9.47. The Morgan fingerprint density at radius 1 is 1.50 bits per heavy atom. The fourth-order valence-electron chi connectivity index (χ4n) is 2.24. The number of carbonyl (C=O) groups is 1. The van der Waals surface area contributed by atoms with Crippen molar-refractivity contribution in [2.45, 2.75) is 19.4 Å². The predicted octanol–water partition coefficient (Wildman–Crippen LogP) is 0.686. The van der Waals surface area contributed by atoms with E-state index in [0.717, 1.165) is 37.7 Å². The van der Waals surface area contributed by atoms with E-state index in [-0.39, 0.29) is 11.6 Å². The van der Waals surface area contributed by atoms with Gasteiger partial charge in [0.25, 0.3) is 0 Å². The van der Waals surface area contributed by atoms with Gasteiger partial charge in [-0.3, -0.25) is 15.1 Å². The lowest BCUT2D eigenvalue weighted by Crippen LogP contribution is -2.58. The molecule has 2 amide bonds. The predicted molar refractivity (Wildman–Crippen MR) is 80.1 cm³/mol. The standard InChI is InChI=1S/C12H22N6OS/c1-12(2)9-18(7-6-17(12)3)5-4-13-11(19)15-10-8-14-16-20-10/h8H,4-7,9H2,1-3H3,(H2,13,15,19). The molecule has 2 heterocycles. The van der Waals surface area contributed by atoms with Gasteiger partial charge in [0.05, 0.1) is 6.20 Å². The summed E-state index contributed by atoms with van der Waals surface area (Å²) in [7, 11) is 2.16. The van der Waals surface area contributed by atoms with E-state index in [0.29, 0.717) is 11.5 Å². The first-order valence-electron chi connectivity index (χ1n) is 6.73. The number of carbonyl (C=O) groups excluding carboxylic acids is 1. The van der Waals surface area contributed by atoms with Crippen LogP contribution in [-0.2, 0) is 0 Å². The second kappa shape index (κ2) is 6.47. The van der Waals surface area contributed by atoms with Crippen LogP contribution >= 0.6 is 11.5 Å². The van der Waals surface area contributed by atoms with Crippen LogP contribution in [0.4, 0.5) is 9.80 Å². The Labute approximate surface area is 123 Å². The highest BCUT2D eigenvalue weighted by atomic mass is 32.1. The summed E-state index contributed by atoms with van der Waals surface area (Å²) < 4.78 is 3.69. The summed E-state index contributed by atoms with van der Waals surface area (Å²) in [4.78, 5) is 16.4. The van der Waals surface area contributed by atoms with Gasteiger partial charge < -0.3 is 5.32 Å². The first-order valence-corrected chi connectivity index (χ1v) is 7.50. The van der Waals surface area contributed by atoms with Gasteiger partial charge in [-0.05, 0) is 20.9 Å². The Hall–Kier alpha value is -1.25. The number of nitrogens with zero attached hydrogens (tertiary/aromatic N) is 4. The third kappa shape index (κ3) is 4.12. The lowest BCUT2D eigenvalue weighted by Gasteiger charge is -2.45. The fraction of sp³-hybridized carbons (Fsp3) is 0.750. The van der Waals surface area contributed by atoms with Crippen LogP contribution in [0.2, 0.25) is 0 Å². The van der Waals surface area contributed by atoms with E-state index >= 15 is 0 Å². The number of aromatic nitrogens is 2. The maximum absolute atomic E-state index is 11.6. The molecule has 7 nitrogen and oxygen atoms in total. The van der Waals surface area contributed by atoms with Crippen molar-refractivity contribution in [1.29, 1.82) is 0 Å². The molecule has 0 unspecified atom stereocenters. The van der Waals surface area contributed by atoms with E-state index in [1.807, 2.05) is 0 Å². The van der Waals surface area contributed by atoms with Gasteiger partial charge in [-0.25, -0.2) is 4.79 Å². The number of anilines is 1. The number of amides is 2. The molecule has 8 heteroatoms. The van der Waals surface area contributed by atoms with Gasteiger partial charge in [0.2, 0.25) is 0 Å². The summed E-state index contributed by atoms with van der Waals surface area (Å²) in [5.74, 6) is 0. The van der Waals surface area contributed by atoms with E-state index in [9.17, 15) is 4.79 Å². The van der Waals surface area contributed by atoms with Crippen LogP contribution in [-0.4, -0.2) is 70.7 Å². The van der Waals surface area contributed by atoms with Gasteiger partial charge in [0.15, 0.2) is 0 Å². The smallest absolute Gasteiger partial charge is 0.319 e. The molecule has 20 heavy (non-hydrogen) atoms. The van der Waals surface area contributed by atoms with E-state index < -0.39 is 0 Å². The minimum absolute atomic E-state index is 0.189. The maximum Gasteiger partial charge on any atom is 0.319 e. The van der Waals surface area contributed by atoms with E-state index in [2.05, 4.69) is 50.9 Å². The minimum Gasteiger partial charge on any atom is -0.337 e. The van der Waals surface area contributed by atoms with Crippen molar-refractivity contribution in [2.75, 3.05) is 45.1 Å². The molecule has 0 atom stereocenters. The van der Waals surface area contributed by atoms with Crippen molar-refractivity contribution in [3.63, 3.8) is 0 Å². The molecule has 0 radical (unpaired) electrons. The average Bonchev–Trinajstić information content (AvgIpc) is 2.86. The number of nitrogens with one attached hydrogen (secondary N) is 2. The molecule has 0 saturated carbocycles. The molecule has 0 aliphatic carbocycles. The van der Waals surface area contributed by atoms with Crippen molar-refractivity contribution in [3.05, 3.63) is 6.20 Å².